The largest absolute Gasteiger partial charge is 0.467 e. The molecule has 0 spiro atoms. The third kappa shape index (κ3) is 3.94. The molecule has 7 nitrogen and oxygen atoms in total. The van der Waals surface area contributed by atoms with Crippen LogP contribution in [0.5, 0.6) is 0 Å². The Labute approximate surface area is 187 Å². The number of hydrogen-bond donors (Lipinski definition) is 1. The molecule has 0 saturated carbocycles. The zero-order valence-corrected chi connectivity index (χ0v) is 17.3. The fourth-order valence-corrected chi connectivity index (χ4v) is 3.86. The van der Waals surface area contributed by atoms with Gasteiger partial charge in [0, 0.05) is 29.2 Å². The third-order valence-corrected chi connectivity index (χ3v) is 5.47. The minimum Gasteiger partial charge on any atom is -0.467 e. The van der Waals surface area contributed by atoms with E-state index in [2.05, 4.69) is 5.32 Å². The zero-order valence-electron chi connectivity index (χ0n) is 17.3. The molecule has 33 heavy (non-hydrogen) atoms. The molecule has 1 saturated heterocycles. The van der Waals surface area contributed by atoms with E-state index in [4.69, 9.17) is 4.42 Å². The number of halogens is 1. The lowest BCUT2D eigenvalue weighted by atomic mass is 10.1. The molecule has 4 aromatic rings. The first-order chi connectivity index (χ1) is 16.0. The number of urea groups is 1. The SMILES string of the molecule is O=C1NC(=O)N(Cc2ccco2)C(=O)/C1=C\c1cn(Cc2ccc(F)cc2)c2ccccc12. The fraction of sp³-hybridized carbons (Fsp3) is 0.0800. The molecule has 1 N–H and O–H groups in total. The molecule has 0 bridgehead atoms. The molecule has 2 aromatic heterocycles. The van der Waals surface area contributed by atoms with Gasteiger partial charge in [0.2, 0.25) is 0 Å². The second-order valence-electron chi connectivity index (χ2n) is 7.64. The van der Waals surface area contributed by atoms with E-state index < -0.39 is 17.8 Å². The van der Waals surface area contributed by atoms with Gasteiger partial charge in [-0.2, -0.15) is 0 Å². The average Bonchev–Trinajstić information content (AvgIpc) is 3.44. The molecule has 164 valence electrons. The number of benzene rings is 2. The number of barbiturate groups is 1. The van der Waals surface area contributed by atoms with Crippen molar-refractivity contribution in [3.05, 3.63) is 101 Å². The predicted octanol–water partition coefficient (Wildman–Crippen LogP) is 4.08. The van der Waals surface area contributed by atoms with Crippen LogP contribution in [0.15, 0.2) is 83.1 Å². The molecule has 5 rings (SSSR count). The molecular weight excluding hydrogens is 425 g/mol. The molecule has 0 radical (unpaired) electrons. The number of fused-ring (bicyclic) bond motifs is 1. The van der Waals surface area contributed by atoms with Gasteiger partial charge in [-0.15, -0.1) is 0 Å². The normalized spacial score (nSPS) is 15.5. The van der Waals surface area contributed by atoms with E-state index >= 15 is 0 Å². The second kappa shape index (κ2) is 8.23. The van der Waals surface area contributed by atoms with Crippen LogP contribution in [0.3, 0.4) is 0 Å². The summed E-state index contributed by atoms with van der Waals surface area (Å²) in [6, 6.07) is 16.3. The van der Waals surface area contributed by atoms with Crippen molar-refractivity contribution in [2.45, 2.75) is 13.1 Å². The number of amides is 4. The fourth-order valence-electron chi connectivity index (χ4n) is 3.86. The molecule has 1 aliphatic rings. The van der Waals surface area contributed by atoms with E-state index in [1.165, 1.54) is 24.5 Å². The number of nitrogens with one attached hydrogen (secondary N) is 1. The number of nitrogens with zero attached hydrogens (tertiary/aromatic N) is 2. The van der Waals surface area contributed by atoms with Crippen molar-refractivity contribution >= 4 is 34.8 Å². The van der Waals surface area contributed by atoms with Gasteiger partial charge in [0.05, 0.1) is 12.8 Å². The van der Waals surface area contributed by atoms with Crippen LogP contribution in [0.25, 0.3) is 17.0 Å². The number of carbonyl (C=O) groups excluding carboxylic acids is 3. The molecule has 0 atom stereocenters. The number of imide groups is 2. The molecular formula is C25H18FN3O4. The van der Waals surface area contributed by atoms with Crippen molar-refractivity contribution in [3.8, 4) is 0 Å². The van der Waals surface area contributed by atoms with Crippen LogP contribution in [-0.4, -0.2) is 27.3 Å². The minimum absolute atomic E-state index is 0.0887. The van der Waals surface area contributed by atoms with Gasteiger partial charge in [-0.1, -0.05) is 30.3 Å². The van der Waals surface area contributed by atoms with Gasteiger partial charge < -0.3 is 8.98 Å². The maximum atomic E-state index is 13.3. The first-order valence-electron chi connectivity index (χ1n) is 10.2. The third-order valence-electron chi connectivity index (χ3n) is 5.47. The lowest BCUT2D eigenvalue weighted by Gasteiger charge is -2.25. The summed E-state index contributed by atoms with van der Waals surface area (Å²) >= 11 is 0. The van der Waals surface area contributed by atoms with Crippen LogP contribution in [0.1, 0.15) is 16.9 Å². The van der Waals surface area contributed by atoms with Crippen LogP contribution in [0.4, 0.5) is 9.18 Å². The Morgan fingerprint density at radius 3 is 2.48 bits per heavy atom. The summed E-state index contributed by atoms with van der Waals surface area (Å²) in [6.45, 7) is 0.391. The quantitative estimate of drug-likeness (QED) is 0.372. The first-order valence-corrected chi connectivity index (χ1v) is 10.2. The molecule has 3 heterocycles. The molecule has 1 aliphatic heterocycles. The summed E-state index contributed by atoms with van der Waals surface area (Å²) in [5.74, 6) is -1.34. The van der Waals surface area contributed by atoms with Crippen molar-refractivity contribution in [2.24, 2.45) is 0 Å². The number of aromatic nitrogens is 1. The summed E-state index contributed by atoms with van der Waals surface area (Å²) < 4.78 is 20.5. The number of furan rings is 1. The highest BCUT2D eigenvalue weighted by Crippen LogP contribution is 2.26. The Balaban J connectivity index is 1.52. The highest BCUT2D eigenvalue weighted by molar-refractivity contribution is 6.31. The Morgan fingerprint density at radius 1 is 0.939 bits per heavy atom. The predicted molar refractivity (Wildman–Crippen MR) is 118 cm³/mol. The van der Waals surface area contributed by atoms with E-state index in [0.717, 1.165) is 21.4 Å². The van der Waals surface area contributed by atoms with Gasteiger partial charge in [-0.3, -0.25) is 19.8 Å². The van der Waals surface area contributed by atoms with Crippen LogP contribution in [0.2, 0.25) is 0 Å². The van der Waals surface area contributed by atoms with E-state index in [9.17, 15) is 18.8 Å². The number of carbonyl (C=O) groups is 3. The van der Waals surface area contributed by atoms with Crippen LogP contribution in [0, 0.1) is 5.82 Å². The summed E-state index contributed by atoms with van der Waals surface area (Å²) in [5, 5.41) is 3.05. The molecule has 1 fully saturated rings. The Kier molecular flexibility index (Phi) is 5.10. The summed E-state index contributed by atoms with van der Waals surface area (Å²) in [4.78, 5) is 38.7. The summed E-state index contributed by atoms with van der Waals surface area (Å²) in [7, 11) is 0. The van der Waals surface area contributed by atoms with Crippen molar-refractivity contribution in [2.75, 3.05) is 0 Å². The highest BCUT2D eigenvalue weighted by Gasteiger charge is 2.36. The molecule has 0 unspecified atom stereocenters. The van der Waals surface area contributed by atoms with Crippen LogP contribution in [-0.2, 0) is 22.7 Å². The topological polar surface area (TPSA) is 84.6 Å². The molecule has 8 heteroatoms. The second-order valence-corrected chi connectivity index (χ2v) is 7.64. The molecule has 0 aliphatic carbocycles. The maximum absolute atomic E-state index is 13.3. The highest BCUT2D eigenvalue weighted by atomic mass is 19.1. The van der Waals surface area contributed by atoms with E-state index in [1.54, 1.807) is 24.3 Å². The van der Waals surface area contributed by atoms with Gasteiger partial charge in [-0.25, -0.2) is 9.18 Å². The lowest BCUT2D eigenvalue weighted by molar-refractivity contribution is -0.130. The van der Waals surface area contributed by atoms with Gasteiger partial charge in [-0.05, 0) is 42.0 Å². The summed E-state index contributed by atoms with van der Waals surface area (Å²) in [5.41, 5.74) is 2.29. The zero-order chi connectivity index (χ0) is 22.9. The van der Waals surface area contributed by atoms with Gasteiger partial charge in [0.15, 0.2) is 0 Å². The van der Waals surface area contributed by atoms with E-state index in [1.807, 2.05) is 35.0 Å². The van der Waals surface area contributed by atoms with Crippen LogP contribution < -0.4 is 5.32 Å². The van der Waals surface area contributed by atoms with Crippen molar-refractivity contribution in [1.29, 1.82) is 0 Å². The Morgan fingerprint density at radius 2 is 1.73 bits per heavy atom. The standard InChI is InChI=1S/C25H18FN3O4/c26-18-9-7-16(8-10-18)13-28-14-17(20-5-1-2-6-22(20)28)12-21-23(30)27-25(32)29(24(21)31)15-19-4-3-11-33-19/h1-12,14H,13,15H2,(H,27,30,32)/b21-12-. The maximum Gasteiger partial charge on any atom is 0.331 e. The monoisotopic (exact) mass is 443 g/mol. The number of para-hydroxylation sites is 1. The van der Waals surface area contributed by atoms with E-state index in [0.29, 0.717) is 17.9 Å². The van der Waals surface area contributed by atoms with Crippen molar-refractivity contribution in [1.82, 2.24) is 14.8 Å². The van der Waals surface area contributed by atoms with E-state index in [-0.39, 0.29) is 17.9 Å². The molecule has 4 amide bonds. The summed E-state index contributed by atoms with van der Waals surface area (Å²) in [6.07, 6.45) is 4.76. The minimum atomic E-state index is -0.794. The average molecular weight is 443 g/mol. The molecule has 2 aromatic carbocycles. The Hall–Kier alpha value is -4.46. The van der Waals surface area contributed by atoms with Crippen molar-refractivity contribution in [3.63, 3.8) is 0 Å². The smallest absolute Gasteiger partial charge is 0.331 e. The van der Waals surface area contributed by atoms with Crippen molar-refractivity contribution < 1.29 is 23.2 Å². The van der Waals surface area contributed by atoms with Gasteiger partial charge in [0.25, 0.3) is 11.8 Å². The van der Waals surface area contributed by atoms with Gasteiger partial charge >= 0.3 is 6.03 Å². The van der Waals surface area contributed by atoms with Gasteiger partial charge in [0.1, 0.15) is 17.2 Å². The number of rotatable bonds is 5. The van der Waals surface area contributed by atoms with Crippen LogP contribution >= 0.6 is 0 Å². The lowest BCUT2D eigenvalue weighted by Crippen LogP contribution is -2.53. The Bertz CT molecular complexity index is 1400. The first kappa shape index (κ1) is 20.4. The number of hydrogen-bond acceptors (Lipinski definition) is 4.